The Morgan fingerprint density at radius 3 is 2.52 bits per heavy atom. The number of amides is 2. The molecule has 0 aliphatic carbocycles. The number of nitrogens with one attached hydrogen (secondary N) is 1. The summed E-state index contributed by atoms with van der Waals surface area (Å²) in [7, 11) is 0. The van der Waals surface area contributed by atoms with Crippen LogP contribution in [0, 0.1) is 25.6 Å². The van der Waals surface area contributed by atoms with E-state index in [-0.39, 0.29) is 23.5 Å². The van der Waals surface area contributed by atoms with Gasteiger partial charge in [-0.3, -0.25) is 9.59 Å². The summed E-state index contributed by atoms with van der Waals surface area (Å²) in [6.45, 7) is 5.15. The minimum atomic E-state index is -0.304. The van der Waals surface area contributed by atoms with Crippen LogP contribution in [0.2, 0.25) is 0 Å². The third-order valence-corrected chi connectivity index (χ3v) is 5.78. The van der Waals surface area contributed by atoms with E-state index >= 15 is 0 Å². The molecule has 1 saturated heterocycles. The Labute approximate surface area is 180 Å². The maximum atomic E-state index is 13.1. The fraction of sp³-hybridized carbons (Fsp3) is 0.333. The highest BCUT2D eigenvalue weighted by Gasteiger charge is 2.29. The number of aryl methyl sites for hydroxylation is 2. The van der Waals surface area contributed by atoms with Gasteiger partial charge in [-0.2, -0.15) is 0 Å². The Bertz CT molecular complexity index is 1130. The van der Waals surface area contributed by atoms with Crippen LogP contribution in [0.15, 0.2) is 42.5 Å². The standard InChI is InChI=1S/C24H25FN4O2/c1-15-16(2)28-22-12-18(7-10-21(22)27-15)24(31)29-11-3-4-19(14-29)23(30)26-13-17-5-8-20(25)9-6-17/h5-10,12,19H,3-4,11,13-14H2,1-2H3,(H,26,30)/t19-/m1/s1. The lowest BCUT2D eigenvalue weighted by Crippen LogP contribution is -2.45. The zero-order chi connectivity index (χ0) is 22.0. The van der Waals surface area contributed by atoms with Gasteiger partial charge in [-0.1, -0.05) is 12.1 Å². The SMILES string of the molecule is Cc1nc2ccc(C(=O)N3CCC[C@@H](C(=O)NCc4ccc(F)cc4)C3)cc2nc1C. The number of likely N-dealkylation sites (tertiary alicyclic amines) is 1. The predicted molar refractivity (Wildman–Crippen MR) is 116 cm³/mol. The number of carbonyl (C=O) groups excluding carboxylic acids is 2. The van der Waals surface area contributed by atoms with Gasteiger partial charge < -0.3 is 10.2 Å². The molecule has 0 radical (unpaired) electrons. The topological polar surface area (TPSA) is 75.2 Å². The molecule has 4 rings (SSSR count). The second-order valence-corrected chi connectivity index (χ2v) is 8.03. The monoisotopic (exact) mass is 420 g/mol. The molecule has 6 nitrogen and oxygen atoms in total. The third-order valence-electron chi connectivity index (χ3n) is 5.78. The molecule has 2 heterocycles. The Hall–Kier alpha value is -3.35. The van der Waals surface area contributed by atoms with Crippen LogP contribution in [0.4, 0.5) is 4.39 Å². The maximum absolute atomic E-state index is 13.1. The molecule has 1 aliphatic rings. The lowest BCUT2D eigenvalue weighted by atomic mass is 9.96. The van der Waals surface area contributed by atoms with E-state index in [4.69, 9.17) is 0 Å². The van der Waals surface area contributed by atoms with Gasteiger partial charge in [0.1, 0.15) is 5.82 Å². The molecule has 2 amide bonds. The van der Waals surface area contributed by atoms with E-state index in [2.05, 4.69) is 15.3 Å². The van der Waals surface area contributed by atoms with E-state index < -0.39 is 0 Å². The number of hydrogen-bond acceptors (Lipinski definition) is 4. The van der Waals surface area contributed by atoms with Gasteiger partial charge in [0.2, 0.25) is 5.91 Å². The first kappa shape index (κ1) is 20.9. The summed E-state index contributed by atoms with van der Waals surface area (Å²) < 4.78 is 13.0. The normalized spacial score (nSPS) is 16.4. The first-order chi connectivity index (χ1) is 14.9. The largest absolute Gasteiger partial charge is 0.352 e. The van der Waals surface area contributed by atoms with Gasteiger partial charge in [0.05, 0.1) is 28.3 Å². The van der Waals surface area contributed by atoms with Crippen LogP contribution in [0.25, 0.3) is 11.0 Å². The molecule has 1 aromatic heterocycles. The van der Waals surface area contributed by atoms with E-state index in [1.807, 2.05) is 19.9 Å². The molecule has 31 heavy (non-hydrogen) atoms. The summed E-state index contributed by atoms with van der Waals surface area (Å²) >= 11 is 0. The highest BCUT2D eigenvalue weighted by molar-refractivity contribution is 5.97. The number of fused-ring (bicyclic) bond motifs is 1. The molecule has 1 N–H and O–H groups in total. The van der Waals surface area contributed by atoms with Gasteiger partial charge in [0.25, 0.3) is 5.91 Å². The molecule has 7 heteroatoms. The zero-order valence-electron chi connectivity index (χ0n) is 17.7. The molecule has 3 aromatic rings. The molecule has 0 unspecified atom stereocenters. The summed E-state index contributed by atoms with van der Waals surface area (Å²) in [4.78, 5) is 36.5. The van der Waals surface area contributed by atoms with Crippen LogP contribution < -0.4 is 5.32 Å². The van der Waals surface area contributed by atoms with Crippen molar-refractivity contribution >= 4 is 22.8 Å². The second-order valence-electron chi connectivity index (χ2n) is 8.03. The highest BCUT2D eigenvalue weighted by Crippen LogP contribution is 2.21. The van der Waals surface area contributed by atoms with Crippen molar-refractivity contribution in [2.75, 3.05) is 13.1 Å². The van der Waals surface area contributed by atoms with E-state index in [9.17, 15) is 14.0 Å². The third kappa shape index (κ3) is 4.71. The lowest BCUT2D eigenvalue weighted by Gasteiger charge is -2.32. The van der Waals surface area contributed by atoms with Crippen molar-refractivity contribution in [3.8, 4) is 0 Å². The Morgan fingerprint density at radius 1 is 1.06 bits per heavy atom. The zero-order valence-corrected chi connectivity index (χ0v) is 17.7. The summed E-state index contributed by atoms with van der Waals surface area (Å²) in [6.07, 6.45) is 1.51. The summed E-state index contributed by atoms with van der Waals surface area (Å²) in [5.41, 5.74) is 4.56. The summed E-state index contributed by atoms with van der Waals surface area (Å²) in [6, 6.07) is 11.4. The van der Waals surface area contributed by atoms with Crippen molar-refractivity contribution < 1.29 is 14.0 Å². The van der Waals surface area contributed by atoms with Crippen molar-refractivity contribution in [1.29, 1.82) is 0 Å². The molecule has 2 aromatic carbocycles. The molecule has 1 fully saturated rings. The summed E-state index contributed by atoms with van der Waals surface area (Å²) in [5.74, 6) is -0.750. The number of rotatable bonds is 4. The van der Waals surface area contributed by atoms with Crippen LogP contribution >= 0.6 is 0 Å². The van der Waals surface area contributed by atoms with Crippen molar-refractivity contribution in [1.82, 2.24) is 20.2 Å². The molecule has 0 spiro atoms. The van der Waals surface area contributed by atoms with Crippen molar-refractivity contribution in [3.63, 3.8) is 0 Å². The van der Waals surface area contributed by atoms with E-state index in [1.165, 1.54) is 12.1 Å². The Balaban J connectivity index is 1.42. The van der Waals surface area contributed by atoms with Crippen molar-refractivity contribution in [3.05, 3.63) is 70.8 Å². The molecule has 0 saturated carbocycles. The fourth-order valence-corrected chi connectivity index (χ4v) is 3.86. The highest BCUT2D eigenvalue weighted by atomic mass is 19.1. The first-order valence-electron chi connectivity index (χ1n) is 10.5. The second kappa shape index (κ2) is 8.79. The average molecular weight is 420 g/mol. The first-order valence-corrected chi connectivity index (χ1v) is 10.5. The number of carbonyl (C=O) groups is 2. The smallest absolute Gasteiger partial charge is 0.253 e. The number of hydrogen-bond donors (Lipinski definition) is 1. The number of benzene rings is 2. The molecule has 160 valence electrons. The number of piperidine rings is 1. The van der Waals surface area contributed by atoms with Gasteiger partial charge in [-0.15, -0.1) is 0 Å². The van der Waals surface area contributed by atoms with Gasteiger partial charge in [0.15, 0.2) is 0 Å². The molecule has 0 bridgehead atoms. The number of halogens is 1. The minimum absolute atomic E-state index is 0.0858. The molecule has 1 aliphatic heterocycles. The number of nitrogens with zero attached hydrogens (tertiary/aromatic N) is 3. The number of aromatic nitrogens is 2. The van der Waals surface area contributed by atoms with Crippen LogP contribution in [-0.4, -0.2) is 39.8 Å². The maximum Gasteiger partial charge on any atom is 0.253 e. The lowest BCUT2D eigenvalue weighted by molar-refractivity contribution is -0.126. The van der Waals surface area contributed by atoms with E-state index in [1.54, 1.807) is 29.2 Å². The fourth-order valence-electron chi connectivity index (χ4n) is 3.86. The van der Waals surface area contributed by atoms with E-state index in [0.717, 1.165) is 35.3 Å². The van der Waals surface area contributed by atoms with Gasteiger partial charge >= 0.3 is 0 Å². The van der Waals surface area contributed by atoms with Crippen molar-refractivity contribution in [2.24, 2.45) is 5.92 Å². The molecular formula is C24H25FN4O2. The van der Waals surface area contributed by atoms with Crippen molar-refractivity contribution in [2.45, 2.75) is 33.2 Å². The van der Waals surface area contributed by atoms with Gasteiger partial charge in [0, 0.05) is 25.2 Å². The van der Waals surface area contributed by atoms with Crippen LogP contribution in [-0.2, 0) is 11.3 Å². The van der Waals surface area contributed by atoms with Crippen LogP contribution in [0.1, 0.15) is 40.2 Å². The van der Waals surface area contributed by atoms with Crippen LogP contribution in [0.3, 0.4) is 0 Å². The predicted octanol–water partition coefficient (Wildman–Crippen LogP) is 3.55. The average Bonchev–Trinajstić information content (AvgIpc) is 2.78. The van der Waals surface area contributed by atoms with Gasteiger partial charge in [-0.05, 0) is 62.6 Å². The van der Waals surface area contributed by atoms with Crippen LogP contribution in [0.5, 0.6) is 0 Å². The van der Waals surface area contributed by atoms with E-state index in [0.29, 0.717) is 30.7 Å². The molecular weight excluding hydrogens is 395 g/mol. The Kier molecular flexibility index (Phi) is 5.93. The summed E-state index contributed by atoms with van der Waals surface area (Å²) in [5, 5.41) is 2.91. The van der Waals surface area contributed by atoms with Gasteiger partial charge in [-0.25, -0.2) is 14.4 Å². The Morgan fingerprint density at radius 2 is 1.77 bits per heavy atom. The molecule has 1 atom stereocenters. The minimum Gasteiger partial charge on any atom is -0.352 e. The quantitative estimate of drug-likeness (QED) is 0.700.